The predicted molar refractivity (Wildman–Crippen MR) is 68.1 cm³/mol. The first-order chi connectivity index (χ1) is 8.02. The number of carbonyl (C=O) groups excluding carboxylic acids is 1. The second kappa shape index (κ2) is 8.15. The quantitative estimate of drug-likeness (QED) is 0.589. The largest absolute Gasteiger partial charge is 0.461 e. The first-order valence-corrected chi connectivity index (χ1v) is 5.16. The number of rotatable bonds is 4. The Morgan fingerprint density at radius 2 is 2.24 bits per heavy atom. The molecule has 17 heavy (non-hydrogen) atoms. The fourth-order valence-corrected chi connectivity index (χ4v) is 0.774. The van der Waals surface area contributed by atoms with Gasteiger partial charge in [-0.05, 0) is 6.92 Å². The third kappa shape index (κ3) is 6.19. The molecule has 0 saturated carbocycles. The molecule has 1 aromatic rings. The highest BCUT2D eigenvalue weighted by Gasteiger charge is 2.07. The number of hydrogen-bond acceptors (Lipinski definition) is 4. The molecule has 0 aliphatic carbocycles. The molecule has 0 unspecified atom stereocenters. The Kier molecular flexibility index (Phi) is 7.17. The molecule has 1 heterocycles. The smallest absolute Gasteiger partial charge is 0.353 e. The maximum Gasteiger partial charge on any atom is 0.353 e. The Hall–Kier alpha value is -2.04. The van der Waals surface area contributed by atoms with Crippen molar-refractivity contribution in [2.75, 3.05) is 20.7 Å². The van der Waals surface area contributed by atoms with Gasteiger partial charge in [0, 0.05) is 32.7 Å². The molecule has 0 fully saturated rings. The third-order valence-corrected chi connectivity index (χ3v) is 1.79. The summed E-state index contributed by atoms with van der Waals surface area (Å²) in [6.45, 7) is 9.21. The van der Waals surface area contributed by atoms with Crippen molar-refractivity contribution in [3.05, 3.63) is 37.6 Å². The lowest BCUT2D eigenvalue weighted by atomic mass is 10.5. The molecular weight excluding hydrogens is 218 g/mol. The fourth-order valence-electron chi connectivity index (χ4n) is 0.774. The van der Waals surface area contributed by atoms with E-state index in [2.05, 4.69) is 22.9 Å². The van der Waals surface area contributed by atoms with Crippen LogP contribution in [0.2, 0.25) is 0 Å². The molecule has 5 nitrogen and oxygen atoms in total. The summed E-state index contributed by atoms with van der Waals surface area (Å²) >= 11 is 0. The molecule has 0 bridgehead atoms. The third-order valence-electron chi connectivity index (χ3n) is 1.79. The molecule has 0 spiro atoms. The second-order valence-corrected chi connectivity index (χ2v) is 3.25. The van der Waals surface area contributed by atoms with E-state index >= 15 is 0 Å². The van der Waals surface area contributed by atoms with Crippen LogP contribution in [0.1, 0.15) is 6.92 Å². The highest BCUT2D eigenvalue weighted by molar-refractivity contribution is 5.86. The molecule has 0 amide bonds. The lowest BCUT2D eigenvalue weighted by Crippen LogP contribution is -2.20. The van der Waals surface area contributed by atoms with Crippen LogP contribution in [-0.2, 0) is 9.53 Å². The number of likely N-dealkylation sites (N-methyl/N-ethyl adjacent to an activating group) is 1. The molecule has 0 saturated heterocycles. The van der Waals surface area contributed by atoms with Crippen LogP contribution in [0, 0.1) is 0 Å². The summed E-state index contributed by atoms with van der Waals surface area (Å²) in [5.74, 6) is -0.354. The van der Waals surface area contributed by atoms with Gasteiger partial charge in [0.15, 0.2) is 0 Å². The van der Waals surface area contributed by atoms with Gasteiger partial charge in [-0.15, -0.1) is 0 Å². The normalized spacial score (nSPS) is 8.65. The van der Waals surface area contributed by atoms with E-state index in [9.17, 15) is 4.79 Å². The summed E-state index contributed by atoms with van der Waals surface area (Å²) in [5, 5.41) is 0. The van der Waals surface area contributed by atoms with E-state index in [1.54, 1.807) is 49.2 Å². The summed E-state index contributed by atoms with van der Waals surface area (Å²) in [4.78, 5) is 16.2. The van der Waals surface area contributed by atoms with E-state index in [4.69, 9.17) is 0 Å². The fraction of sp³-hybridized carbons (Fsp3) is 0.333. The molecule has 1 rings (SSSR count). The van der Waals surface area contributed by atoms with E-state index in [0.717, 1.165) is 0 Å². The van der Waals surface area contributed by atoms with E-state index in [1.807, 2.05) is 6.20 Å². The van der Waals surface area contributed by atoms with Crippen LogP contribution < -0.4 is 0 Å². The molecule has 0 aromatic carbocycles. The molecule has 0 atom stereocenters. The van der Waals surface area contributed by atoms with Crippen molar-refractivity contribution in [1.82, 2.24) is 14.5 Å². The average molecular weight is 237 g/mol. The van der Waals surface area contributed by atoms with E-state index < -0.39 is 0 Å². The van der Waals surface area contributed by atoms with Crippen LogP contribution in [0.3, 0.4) is 0 Å². The zero-order chi connectivity index (χ0) is 13.3. The van der Waals surface area contributed by atoms with Gasteiger partial charge in [-0.25, -0.2) is 9.78 Å². The van der Waals surface area contributed by atoms with Crippen molar-refractivity contribution in [3.63, 3.8) is 0 Å². The number of carbonyl (C=O) groups is 1. The molecule has 0 aliphatic heterocycles. The molecule has 0 aliphatic rings. The standard InChI is InChI=1S/C7H13NO2.C5H6N2/c1-5-10-7(9)6(2)8(3)4;1-2-7-4-3-6-5-7/h2,5H2,1,3-4H3;2-5H,1H2. The molecule has 0 N–H and O–H groups in total. The van der Waals surface area contributed by atoms with Crippen molar-refractivity contribution >= 4 is 12.2 Å². The summed E-state index contributed by atoms with van der Waals surface area (Å²) in [5.41, 5.74) is 0.377. The van der Waals surface area contributed by atoms with Crippen molar-refractivity contribution in [2.45, 2.75) is 6.92 Å². The molecular formula is C12H19N3O2. The van der Waals surface area contributed by atoms with Gasteiger partial charge in [0.1, 0.15) is 5.70 Å². The zero-order valence-corrected chi connectivity index (χ0v) is 10.6. The van der Waals surface area contributed by atoms with E-state index in [0.29, 0.717) is 12.3 Å². The lowest BCUT2D eigenvalue weighted by Gasteiger charge is -2.12. The van der Waals surface area contributed by atoms with Gasteiger partial charge < -0.3 is 14.2 Å². The van der Waals surface area contributed by atoms with Crippen LogP contribution in [0.15, 0.2) is 37.6 Å². The van der Waals surface area contributed by atoms with Crippen molar-refractivity contribution < 1.29 is 9.53 Å². The minimum absolute atomic E-state index is 0.354. The number of aromatic nitrogens is 2. The number of ether oxygens (including phenoxy) is 1. The lowest BCUT2D eigenvalue weighted by molar-refractivity contribution is -0.139. The van der Waals surface area contributed by atoms with Gasteiger partial charge in [-0.1, -0.05) is 13.2 Å². The summed E-state index contributed by atoms with van der Waals surface area (Å²) < 4.78 is 6.46. The SMILES string of the molecule is C=C(C(=O)OCC)N(C)C.C=Cn1ccnc1. The molecule has 0 radical (unpaired) electrons. The maximum absolute atomic E-state index is 10.8. The second-order valence-electron chi connectivity index (χ2n) is 3.25. The van der Waals surface area contributed by atoms with Gasteiger partial charge in [-0.3, -0.25) is 0 Å². The number of imidazole rings is 1. The summed E-state index contributed by atoms with van der Waals surface area (Å²) in [7, 11) is 3.50. The minimum atomic E-state index is -0.354. The Balaban J connectivity index is 0.000000318. The van der Waals surface area contributed by atoms with Crippen LogP contribution in [0.4, 0.5) is 0 Å². The first-order valence-electron chi connectivity index (χ1n) is 5.16. The van der Waals surface area contributed by atoms with Gasteiger partial charge >= 0.3 is 5.97 Å². The van der Waals surface area contributed by atoms with Crippen molar-refractivity contribution in [2.24, 2.45) is 0 Å². The Morgan fingerprint density at radius 3 is 2.53 bits per heavy atom. The number of hydrogen-bond donors (Lipinski definition) is 0. The Morgan fingerprint density at radius 1 is 1.59 bits per heavy atom. The van der Waals surface area contributed by atoms with Crippen molar-refractivity contribution in [1.29, 1.82) is 0 Å². The highest BCUT2D eigenvalue weighted by Crippen LogP contribution is 1.96. The van der Waals surface area contributed by atoms with Crippen LogP contribution in [-0.4, -0.2) is 41.1 Å². The van der Waals surface area contributed by atoms with Gasteiger partial charge in [-0.2, -0.15) is 0 Å². The number of nitrogens with zero attached hydrogens (tertiary/aromatic N) is 3. The molecule has 1 aromatic heterocycles. The average Bonchev–Trinajstić information content (AvgIpc) is 2.81. The van der Waals surface area contributed by atoms with Gasteiger partial charge in [0.2, 0.25) is 0 Å². The highest BCUT2D eigenvalue weighted by atomic mass is 16.5. The monoisotopic (exact) mass is 237 g/mol. The van der Waals surface area contributed by atoms with E-state index in [1.165, 1.54) is 0 Å². The zero-order valence-electron chi connectivity index (χ0n) is 10.6. The van der Waals surface area contributed by atoms with Crippen LogP contribution in [0.25, 0.3) is 6.20 Å². The van der Waals surface area contributed by atoms with Gasteiger partial charge in [0.05, 0.1) is 12.9 Å². The maximum atomic E-state index is 10.8. The minimum Gasteiger partial charge on any atom is -0.461 e. The summed E-state index contributed by atoms with van der Waals surface area (Å²) in [6.07, 6.45) is 6.91. The number of esters is 1. The van der Waals surface area contributed by atoms with E-state index in [-0.39, 0.29) is 5.97 Å². The molecule has 94 valence electrons. The van der Waals surface area contributed by atoms with Crippen LogP contribution >= 0.6 is 0 Å². The Labute approximate surface area is 102 Å². The van der Waals surface area contributed by atoms with Gasteiger partial charge in [0.25, 0.3) is 0 Å². The molecule has 5 heteroatoms. The Bertz CT molecular complexity index is 356. The van der Waals surface area contributed by atoms with Crippen LogP contribution in [0.5, 0.6) is 0 Å². The topological polar surface area (TPSA) is 47.4 Å². The predicted octanol–water partition coefficient (Wildman–Crippen LogP) is 1.61. The first kappa shape index (κ1) is 15.0. The van der Waals surface area contributed by atoms with Crippen molar-refractivity contribution in [3.8, 4) is 0 Å². The summed E-state index contributed by atoms with van der Waals surface area (Å²) in [6, 6.07) is 0.